The normalized spacial score (nSPS) is 16.9. The van der Waals surface area contributed by atoms with E-state index in [1.807, 2.05) is 17.0 Å². The molecule has 2 aliphatic rings. The fourth-order valence-corrected chi connectivity index (χ4v) is 5.23. The number of carbonyl (C=O) groups excluding carboxylic acids is 1. The van der Waals surface area contributed by atoms with Crippen molar-refractivity contribution in [3.05, 3.63) is 41.4 Å². The average Bonchev–Trinajstić information content (AvgIpc) is 3.52. The number of imidazole rings is 1. The Morgan fingerprint density at radius 1 is 1.06 bits per heavy atom. The monoisotopic (exact) mass is 482 g/mol. The summed E-state index contributed by atoms with van der Waals surface area (Å²) in [7, 11) is 1.55. The number of benzene rings is 2. The predicted molar refractivity (Wildman–Crippen MR) is 131 cm³/mol. The summed E-state index contributed by atoms with van der Waals surface area (Å²) in [5.41, 5.74) is 2.46. The van der Waals surface area contributed by atoms with E-state index in [0.29, 0.717) is 33.3 Å². The summed E-state index contributed by atoms with van der Waals surface area (Å²) < 4.78 is 6.41. The summed E-state index contributed by atoms with van der Waals surface area (Å²) in [5, 5.41) is 10.3. The standard InChI is InChI=1S/C25H27ClN4O4/c1-34-18-5-7-22-21(15-18)27-23(30(22)25(32)33)19-14-17(4-6-20(19)26)28-12-8-16(9-13-28)24(31)29-10-2-3-11-29/h4-7,14-16H,2-3,8-13H2,1H3,(H,32,33). The number of ether oxygens (including phenoxy) is 1. The highest BCUT2D eigenvalue weighted by atomic mass is 35.5. The molecule has 9 heteroatoms. The molecule has 1 amide bonds. The van der Waals surface area contributed by atoms with Crippen LogP contribution in [0.2, 0.25) is 5.02 Å². The van der Waals surface area contributed by atoms with Crippen molar-refractivity contribution in [2.24, 2.45) is 5.92 Å². The molecule has 3 aromatic rings. The van der Waals surface area contributed by atoms with Crippen LogP contribution >= 0.6 is 11.6 Å². The van der Waals surface area contributed by atoms with Gasteiger partial charge in [-0.15, -0.1) is 0 Å². The van der Waals surface area contributed by atoms with Gasteiger partial charge in [0, 0.05) is 49.4 Å². The number of piperidine rings is 1. The van der Waals surface area contributed by atoms with Crippen LogP contribution in [0.3, 0.4) is 0 Å². The van der Waals surface area contributed by atoms with Crippen molar-refractivity contribution in [2.45, 2.75) is 25.7 Å². The van der Waals surface area contributed by atoms with Crippen molar-refractivity contribution < 1.29 is 19.4 Å². The second kappa shape index (κ2) is 9.18. The maximum atomic E-state index is 12.8. The van der Waals surface area contributed by atoms with Gasteiger partial charge < -0.3 is 19.6 Å². The molecule has 0 radical (unpaired) electrons. The molecule has 2 aromatic carbocycles. The minimum atomic E-state index is -1.13. The minimum absolute atomic E-state index is 0.0762. The number of rotatable bonds is 4. The van der Waals surface area contributed by atoms with E-state index in [1.54, 1.807) is 31.4 Å². The third-order valence-electron chi connectivity index (χ3n) is 6.87. The highest BCUT2D eigenvalue weighted by Crippen LogP contribution is 2.35. The third-order valence-corrected chi connectivity index (χ3v) is 7.20. The number of anilines is 1. The van der Waals surface area contributed by atoms with Crippen LogP contribution < -0.4 is 9.64 Å². The molecule has 2 fully saturated rings. The van der Waals surface area contributed by atoms with E-state index in [1.165, 1.54) is 0 Å². The van der Waals surface area contributed by atoms with E-state index < -0.39 is 6.09 Å². The van der Waals surface area contributed by atoms with Gasteiger partial charge in [0.1, 0.15) is 5.75 Å². The van der Waals surface area contributed by atoms with Gasteiger partial charge in [-0.05, 0) is 56.0 Å². The number of nitrogens with zero attached hydrogens (tertiary/aromatic N) is 4. The van der Waals surface area contributed by atoms with Crippen LogP contribution in [0, 0.1) is 5.92 Å². The molecule has 0 spiro atoms. The Bertz CT molecular complexity index is 1240. The lowest BCUT2D eigenvalue weighted by molar-refractivity contribution is -0.135. The number of hydrogen-bond donors (Lipinski definition) is 1. The Morgan fingerprint density at radius 2 is 1.79 bits per heavy atom. The van der Waals surface area contributed by atoms with Gasteiger partial charge in [0.25, 0.3) is 0 Å². The number of carboxylic acid groups (broad SMARTS) is 1. The van der Waals surface area contributed by atoms with Crippen molar-refractivity contribution in [3.8, 4) is 17.1 Å². The van der Waals surface area contributed by atoms with Crippen molar-refractivity contribution in [3.63, 3.8) is 0 Å². The molecule has 0 unspecified atom stereocenters. The Hall–Kier alpha value is -3.26. The lowest BCUT2D eigenvalue weighted by Crippen LogP contribution is -2.41. The van der Waals surface area contributed by atoms with Crippen molar-refractivity contribution in [2.75, 3.05) is 38.2 Å². The molecular weight excluding hydrogens is 456 g/mol. The summed E-state index contributed by atoms with van der Waals surface area (Å²) >= 11 is 6.53. The average molecular weight is 483 g/mol. The van der Waals surface area contributed by atoms with Crippen LogP contribution in [0.1, 0.15) is 25.7 Å². The van der Waals surface area contributed by atoms with Crippen LogP contribution in [-0.4, -0.2) is 64.8 Å². The van der Waals surface area contributed by atoms with Gasteiger partial charge in [-0.25, -0.2) is 14.3 Å². The SMILES string of the molecule is COc1ccc2c(c1)nc(-c1cc(N3CCC(C(=O)N4CCCC4)CC3)ccc1Cl)n2C(=O)O. The number of methoxy groups -OCH3 is 1. The van der Waals surface area contributed by atoms with Crippen LogP contribution in [0.4, 0.5) is 10.5 Å². The van der Waals surface area contributed by atoms with E-state index in [-0.39, 0.29) is 11.7 Å². The molecule has 5 rings (SSSR count). The van der Waals surface area contributed by atoms with Gasteiger partial charge in [0.05, 0.1) is 23.2 Å². The molecule has 0 bridgehead atoms. The summed E-state index contributed by atoms with van der Waals surface area (Å²) in [6.07, 6.45) is 2.69. The van der Waals surface area contributed by atoms with E-state index >= 15 is 0 Å². The Labute approximate surface area is 202 Å². The van der Waals surface area contributed by atoms with Gasteiger partial charge >= 0.3 is 6.09 Å². The lowest BCUT2D eigenvalue weighted by Gasteiger charge is -2.34. The zero-order valence-electron chi connectivity index (χ0n) is 19.0. The fourth-order valence-electron chi connectivity index (χ4n) is 5.02. The lowest BCUT2D eigenvalue weighted by atomic mass is 9.95. The first-order valence-electron chi connectivity index (χ1n) is 11.6. The topological polar surface area (TPSA) is 87.9 Å². The highest BCUT2D eigenvalue weighted by molar-refractivity contribution is 6.33. The van der Waals surface area contributed by atoms with Gasteiger partial charge in [-0.1, -0.05) is 11.6 Å². The van der Waals surface area contributed by atoms with Crippen LogP contribution in [0.15, 0.2) is 36.4 Å². The first-order valence-corrected chi connectivity index (χ1v) is 12.0. The Balaban J connectivity index is 1.43. The van der Waals surface area contributed by atoms with E-state index in [4.69, 9.17) is 16.3 Å². The molecule has 0 atom stereocenters. The molecule has 2 aliphatic heterocycles. The van der Waals surface area contributed by atoms with Gasteiger partial charge in [0.2, 0.25) is 5.91 Å². The Morgan fingerprint density at radius 3 is 2.47 bits per heavy atom. The smallest absolute Gasteiger partial charge is 0.417 e. The Kier molecular flexibility index (Phi) is 6.08. The molecule has 2 saturated heterocycles. The molecule has 1 aromatic heterocycles. The maximum absolute atomic E-state index is 12.8. The molecule has 178 valence electrons. The van der Waals surface area contributed by atoms with Crippen molar-refractivity contribution in [1.29, 1.82) is 0 Å². The molecule has 0 aliphatic carbocycles. The predicted octanol–water partition coefficient (Wildman–Crippen LogP) is 4.73. The zero-order valence-corrected chi connectivity index (χ0v) is 19.8. The summed E-state index contributed by atoms with van der Waals surface area (Å²) in [4.78, 5) is 33.7. The third kappa shape index (κ3) is 4.07. The number of hydrogen-bond acceptors (Lipinski definition) is 5. The molecule has 3 heterocycles. The molecule has 0 saturated carbocycles. The summed E-state index contributed by atoms with van der Waals surface area (Å²) in [6, 6.07) is 10.7. The number of fused-ring (bicyclic) bond motifs is 1. The highest BCUT2D eigenvalue weighted by Gasteiger charge is 2.30. The summed E-state index contributed by atoms with van der Waals surface area (Å²) in [6.45, 7) is 3.29. The van der Waals surface area contributed by atoms with Crippen molar-refractivity contribution in [1.82, 2.24) is 14.5 Å². The number of carbonyl (C=O) groups is 2. The minimum Gasteiger partial charge on any atom is -0.497 e. The number of amides is 1. The quantitative estimate of drug-likeness (QED) is 0.578. The van der Waals surface area contributed by atoms with E-state index in [2.05, 4.69) is 9.88 Å². The van der Waals surface area contributed by atoms with Crippen LogP contribution in [0.25, 0.3) is 22.4 Å². The number of aromatic nitrogens is 2. The van der Waals surface area contributed by atoms with E-state index in [9.17, 15) is 14.7 Å². The fraction of sp³-hybridized carbons (Fsp3) is 0.400. The van der Waals surface area contributed by atoms with Gasteiger partial charge in [-0.2, -0.15) is 0 Å². The molecular formula is C25H27ClN4O4. The molecule has 1 N–H and O–H groups in total. The summed E-state index contributed by atoms with van der Waals surface area (Å²) in [5.74, 6) is 1.23. The largest absolute Gasteiger partial charge is 0.497 e. The van der Waals surface area contributed by atoms with Crippen LogP contribution in [-0.2, 0) is 4.79 Å². The van der Waals surface area contributed by atoms with Gasteiger partial charge in [-0.3, -0.25) is 4.79 Å². The second-order valence-electron chi connectivity index (χ2n) is 8.87. The molecule has 34 heavy (non-hydrogen) atoms. The zero-order chi connectivity index (χ0) is 23.8. The van der Waals surface area contributed by atoms with Crippen LogP contribution in [0.5, 0.6) is 5.75 Å². The van der Waals surface area contributed by atoms with E-state index in [0.717, 1.165) is 62.1 Å². The van der Waals surface area contributed by atoms with Gasteiger partial charge in [0.15, 0.2) is 5.82 Å². The maximum Gasteiger partial charge on any atom is 0.417 e. The second-order valence-corrected chi connectivity index (χ2v) is 9.27. The number of likely N-dealkylation sites (tertiary alicyclic amines) is 1. The first kappa shape index (κ1) is 22.5. The van der Waals surface area contributed by atoms with Crippen molar-refractivity contribution >= 4 is 40.3 Å². The first-order chi connectivity index (χ1) is 16.5. The molecule has 8 nitrogen and oxygen atoms in total. The number of halogens is 1.